The van der Waals surface area contributed by atoms with Crippen LogP contribution in [0.1, 0.15) is 23.0 Å². The quantitative estimate of drug-likeness (QED) is 0.484. The Kier molecular flexibility index (Phi) is 3.04. The molecule has 0 amide bonds. The molecule has 4 aromatic heterocycles. The first-order chi connectivity index (χ1) is 12.9. The molecule has 5 rings (SSSR count). The Labute approximate surface area is 145 Å². The van der Waals surface area contributed by atoms with Crippen molar-refractivity contribution in [2.75, 3.05) is 0 Å². The van der Waals surface area contributed by atoms with Crippen molar-refractivity contribution in [1.29, 1.82) is 0 Å². The molecule has 1 atom stereocenters. The van der Waals surface area contributed by atoms with Crippen molar-refractivity contribution in [3.8, 4) is 0 Å². The van der Waals surface area contributed by atoms with Crippen LogP contribution in [0.25, 0.3) is 11.5 Å². The van der Waals surface area contributed by atoms with Gasteiger partial charge in [0.25, 0.3) is 5.72 Å². The van der Waals surface area contributed by atoms with E-state index in [1.807, 2.05) is 0 Å². The summed E-state index contributed by atoms with van der Waals surface area (Å²) in [6.07, 6.45) is 7.98. The summed E-state index contributed by atoms with van der Waals surface area (Å²) in [6, 6.07) is 5.23. The lowest BCUT2D eigenvalue weighted by molar-refractivity contribution is 0.0497. The summed E-state index contributed by atoms with van der Waals surface area (Å²) in [5.74, 6) is 1.45. The molecule has 1 unspecified atom stereocenters. The van der Waals surface area contributed by atoms with E-state index in [4.69, 9.17) is 9.15 Å². The second-order valence-electron chi connectivity index (χ2n) is 5.39. The number of aromatic nitrogens is 8. The molecule has 11 heteroatoms. The topological polar surface area (TPSA) is 143 Å². The molecule has 0 fully saturated rings. The third-order valence-corrected chi connectivity index (χ3v) is 3.90. The van der Waals surface area contributed by atoms with Crippen LogP contribution in [0, 0.1) is 0 Å². The van der Waals surface area contributed by atoms with Gasteiger partial charge >= 0.3 is 0 Å². The number of rotatable bonds is 4. The first kappa shape index (κ1) is 14.3. The first-order valence-corrected chi connectivity index (χ1v) is 7.63. The van der Waals surface area contributed by atoms with E-state index >= 15 is 0 Å². The molecule has 3 N–H and O–H groups in total. The molecule has 0 saturated heterocycles. The van der Waals surface area contributed by atoms with Crippen LogP contribution in [0.2, 0.25) is 0 Å². The Morgan fingerprint density at radius 1 is 1.15 bits per heavy atom. The fourth-order valence-corrected chi connectivity index (χ4v) is 2.78. The van der Waals surface area contributed by atoms with Gasteiger partial charge in [0.2, 0.25) is 0 Å². The highest BCUT2D eigenvalue weighted by atomic mass is 16.5. The van der Waals surface area contributed by atoms with Gasteiger partial charge in [-0.15, -0.1) is 10.2 Å². The zero-order chi connectivity index (χ0) is 17.4. The Balaban J connectivity index is 1.70. The summed E-state index contributed by atoms with van der Waals surface area (Å²) in [5.41, 5.74) is 0.330. The van der Waals surface area contributed by atoms with Gasteiger partial charge in [-0.05, 0) is 23.4 Å². The number of ether oxygens (including phenoxy) is 1. The molecule has 0 saturated carbocycles. The van der Waals surface area contributed by atoms with E-state index in [1.54, 1.807) is 43.1 Å². The van der Waals surface area contributed by atoms with Crippen molar-refractivity contribution in [3.05, 3.63) is 72.2 Å². The summed E-state index contributed by atoms with van der Waals surface area (Å²) >= 11 is 0. The van der Waals surface area contributed by atoms with Gasteiger partial charge in [-0.1, -0.05) is 0 Å². The lowest BCUT2D eigenvalue weighted by Gasteiger charge is -2.26. The normalized spacial score (nSPS) is 19.4. The molecule has 1 aliphatic rings. The number of nitrogens with zero attached hydrogens (tertiary/aromatic N) is 6. The van der Waals surface area contributed by atoms with E-state index in [-0.39, 0.29) is 0 Å². The second-order valence-corrected chi connectivity index (χ2v) is 5.39. The molecule has 11 nitrogen and oxygen atoms in total. The van der Waals surface area contributed by atoms with E-state index < -0.39 is 5.72 Å². The number of imidazole rings is 1. The van der Waals surface area contributed by atoms with E-state index in [2.05, 4.69) is 46.1 Å². The van der Waals surface area contributed by atoms with Gasteiger partial charge in [0, 0.05) is 12.4 Å². The fraction of sp³-hybridized carbons (Fsp3) is 0.0667. The summed E-state index contributed by atoms with van der Waals surface area (Å²) in [5, 5.41) is 25.5. The summed E-state index contributed by atoms with van der Waals surface area (Å²) in [6.45, 7) is 0. The average molecular weight is 349 g/mol. The highest BCUT2D eigenvalue weighted by molar-refractivity contribution is 5.86. The number of H-pyrrole nitrogens is 2. The van der Waals surface area contributed by atoms with Crippen molar-refractivity contribution in [3.63, 3.8) is 0 Å². The van der Waals surface area contributed by atoms with Crippen molar-refractivity contribution < 1.29 is 9.15 Å². The monoisotopic (exact) mass is 349 g/mol. The Morgan fingerprint density at radius 3 is 2.85 bits per heavy atom. The third-order valence-electron chi connectivity index (χ3n) is 3.90. The van der Waals surface area contributed by atoms with Crippen LogP contribution in [0.3, 0.4) is 0 Å². The van der Waals surface area contributed by atoms with Crippen molar-refractivity contribution in [1.82, 2.24) is 46.1 Å². The zero-order valence-electron chi connectivity index (χ0n) is 13.1. The molecule has 5 heterocycles. The standard InChI is InChI=1S/C15H11N9O2/c1-2-11(25-7-1)15(10-3-4-18-23-22-10)20-12(9-8-19-24-21-9)13(26-15)14-16-5-6-17-14/h1-8,20H,(H,16,17)(H,19,21,24). The maximum absolute atomic E-state index is 6.33. The van der Waals surface area contributed by atoms with Crippen LogP contribution in [0.4, 0.5) is 0 Å². The van der Waals surface area contributed by atoms with Crippen LogP contribution in [0.5, 0.6) is 0 Å². The van der Waals surface area contributed by atoms with Crippen LogP contribution in [-0.4, -0.2) is 40.8 Å². The van der Waals surface area contributed by atoms with Crippen molar-refractivity contribution in [2.45, 2.75) is 5.72 Å². The molecule has 0 aliphatic carbocycles. The van der Waals surface area contributed by atoms with Gasteiger partial charge in [0.1, 0.15) is 17.1 Å². The minimum Gasteiger partial charge on any atom is -0.463 e. The van der Waals surface area contributed by atoms with Crippen LogP contribution in [0.15, 0.2) is 53.7 Å². The number of hydrogen-bond acceptors (Lipinski definition) is 9. The number of nitrogens with one attached hydrogen (secondary N) is 3. The summed E-state index contributed by atoms with van der Waals surface area (Å²) < 4.78 is 12.0. The fourth-order valence-electron chi connectivity index (χ4n) is 2.78. The van der Waals surface area contributed by atoms with Crippen molar-refractivity contribution >= 4 is 11.5 Å². The van der Waals surface area contributed by atoms with Crippen LogP contribution >= 0.6 is 0 Å². The summed E-state index contributed by atoms with van der Waals surface area (Å²) in [4.78, 5) is 7.32. The maximum Gasteiger partial charge on any atom is 0.285 e. The first-order valence-electron chi connectivity index (χ1n) is 7.63. The highest BCUT2D eigenvalue weighted by Crippen LogP contribution is 2.43. The highest BCUT2D eigenvalue weighted by Gasteiger charge is 2.49. The van der Waals surface area contributed by atoms with E-state index in [9.17, 15) is 0 Å². The molecule has 0 radical (unpaired) electrons. The molecule has 4 aromatic rings. The molecule has 0 aromatic carbocycles. The van der Waals surface area contributed by atoms with Crippen LogP contribution in [-0.2, 0) is 10.5 Å². The van der Waals surface area contributed by atoms with E-state index in [1.165, 1.54) is 6.20 Å². The molecule has 128 valence electrons. The largest absolute Gasteiger partial charge is 0.463 e. The van der Waals surface area contributed by atoms with Gasteiger partial charge in [0.05, 0.1) is 18.7 Å². The third kappa shape index (κ3) is 2.07. The van der Waals surface area contributed by atoms with Crippen LogP contribution < -0.4 is 5.32 Å². The molecular formula is C15H11N9O2. The minimum absolute atomic E-state index is 0.443. The van der Waals surface area contributed by atoms with Gasteiger partial charge in [-0.2, -0.15) is 15.4 Å². The van der Waals surface area contributed by atoms with Gasteiger partial charge in [0.15, 0.2) is 17.3 Å². The predicted octanol–water partition coefficient (Wildman–Crippen LogP) is 0.653. The van der Waals surface area contributed by atoms with E-state index in [0.717, 1.165) is 0 Å². The Hall–Kier alpha value is -4.02. The maximum atomic E-state index is 6.33. The molecule has 26 heavy (non-hydrogen) atoms. The summed E-state index contributed by atoms with van der Waals surface area (Å²) in [7, 11) is 0. The number of hydrogen-bond donors (Lipinski definition) is 3. The van der Waals surface area contributed by atoms with E-state index in [0.29, 0.717) is 34.4 Å². The number of furan rings is 1. The Bertz CT molecular complexity index is 978. The average Bonchev–Trinajstić information content (AvgIpc) is 3.49. The lowest BCUT2D eigenvalue weighted by atomic mass is 10.1. The smallest absolute Gasteiger partial charge is 0.285 e. The number of aromatic amines is 2. The van der Waals surface area contributed by atoms with Gasteiger partial charge < -0.3 is 19.5 Å². The van der Waals surface area contributed by atoms with Gasteiger partial charge in [-0.3, -0.25) is 0 Å². The Morgan fingerprint density at radius 2 is 2.15 bits per heavy atom. The molecule has 1 aliphatic heterocycles. The molecule has 0 spiro atoms. The molecular weight excluding hydrogens is 338 g/mol. The minimum atomic E-state index is -1.25. The zero-order valence-corrected chi connectivity index (χ0v) is 13.1. The second kappa shape index (κ2) is 5.51. The SMILES string of the molecule is c1coc(C2(c3ccnnn3)NC(c3cn[nH]n3)=C(c3ncc[nH]3)O2)c1. The van der Waals surface area contributed by atoms with Gasteiger partial charge in [-0.25, -0.2) is 4.98 Å². The van der Waals surface area contributed by atoms with Crippen molar-refractivity contribution in [2.24, 2.45) is 0 Å². The lowest BCUT2D eigenvalue weighted by Crippen LogP contribution is -2.41. The predicted molar refractivity (Wildman–Crippen MR) is 85.3 cm³/mol. The molecule has 0 bridgehead atoms.